The molecule has 0 saturated carbocycles. The lowest BCUT2D eigenvalue weighted by Gasteiger charge is -2.28. The predicted molar refractivity (Wildman–Crippen MR) is 34.9 cm³/mol. The van der Waals surface area contributed by atoms with Crippen LogP contribution in [-0.4, -0.2) is 43.3 Å². The molecule has 0 spiro atoms. The quantitative estimate of drug-likeness (QED) is 0.604. The highest BCUT2D eigenvalue weighted by atomic mass is 19.4. The van der Waals surface area contributed by atoms with E-state index in [4.69, 9.17) is 5.11 Å². The number of aliphatic hydroxyl groups is 1. The first-order valence-corrected chi connectivity index (χ1v) is 3.73. The Morgan fingerprint density at radius 3 is 1.75 bits per heavy atom. The Morgan fingerprint density at radius 2 is 1.44 bits per heavy atom. The van der Waals surface area contributed by atoms with Gasteiger partial charge in [0, 0.05) is 0 Å². The molecule has 0 amide bonds. The highest BCUT2D eigenvalue weighted by molar-refractivity contribution is 4.77. The van der Waals surface area contributed by atoms with E-state index >= 15 is 0 Å². The topological polar surface area (TPSA) is 38.7 Å². The fraction of sp³-hybridized carbons (Fsp3) is 1.00. The van der Waals surface area contributed by atoms with Crippen molar-refractivity contribution in [3.63, 3.8) is 0 Å². The lowest BCUT2D eigenvalue weighted by Crippen LogP contribution is -2.50. The van der Waals surface area contributed by atoms with E-state index in [9.17, 15) is 30.7 Å². The normalized spacial score (nSPS) is 17.2. The lowest BCUT2D eigenvalue weighted by molar-refractivity contribution is -0.453. The summed E-state index contributed by atoms with van der Waals surface area (Å²) in [6, 6.07) is 0. The van der Waals surface area contributed by atoms with Crippen LogP contribution in [0.15, 0.2) is 0 Å². The SMILES string of the molecule is OCCOCC(F)(OC(F)(F)F)C(F)(F)F. The molecule has 0 aliphatic carbocycles. The molecule has 1 N–H and O–H groups in total. The van der Waals surface area contributed by atoms with Crippen LogP contribution in [0.4, 0.5) is 30.7 Å². The molecule has 0 aliphatic heterocycles. The first-order valence-electron chi connectivity index (χ1n) is 3.73. The highest BCUT2D eigenvalue weighted by Crippen LogP contribution is 2.39. The van der Waals surface area contributed by atoms with Crippen LogP contribution >= 0.6 is 0 Å². The number of alkyl halides is 7. The Morgan fingerprint density at radius 1 is 0.938 bits per heavy atom. The summed E-state index contributed by atoms with van der Waals surface area (Å²) in [5, 5.41) is 8.11. The van der Waals surface area contributed by atoms with Gasteiger partial charge in [0.1, 0.15) is 6.61 Å². The second kappa shape index (κ2) is 5.15. The molecule has 0 aromatic carbocycles. The third-order valence-corrected chi connectivity index (χ3v) is 1.22. The molecule has 0 rings (SSSR count). The standard InChI is InChI=1S/C6H7F7O3/c7-4(5(8,9)10,3-15-2-1-14)16-6(11,12)13/h14H,1-3H2. The second-order valence-corrected chi connectivity index (χ2v) is 2.55. The van der Waals surface area contributed by atoms with Gasteiger partial charge in [-0.3, -0.25) is 0 Å². The minimum Gasteiger partial charge on any atom is -0.394 e. The van der Waals surface area contributed by atoms with Crippen molar-refractivity contribution in [1.29, 1.82) is 0 Å². The summed E-state index contributed by atoms with van der Waals surface area (Å²) in [4.78, 5) is 0. The molecule has 0 bridgehead atoms. The molecule has 0 saturated heterocycles. The van der Waals surface area contributed by atoms with Crippen LogP contribution in [0.2, 0.25) is 0 Å². The van der Waals surface area contributed by atoms with E-state index < -0.39 is 38.2 Å². The summed E-state index contributed by atoms with van der Waals surface area (Å²) in [6.45, 7) is -3.53. The maximum absolute atomic E-state index is 12.8. The lowest BCUT2D eigenvalue weighted by atomic mass is 10.3. The van der Waals surface area contributed by atoms with Crippen LogP contribution in [0.5, 0.6) is 0 Å². The molecule has 98 valence electrons. The van der Waals surface area contributed by atoms with Crippen LogP contribution in [-0.2, 0) is 9.47 Å². The summed E-state index contributed by atoms with van der Waals surface area (Å²) in [5.41, 5.74) is 0. The zero-order valence-electron chi connectivity index (χ0n) is 7.53. The van der Waals surface area contributed by atoms with E-state index in [0.717, 1.165) is 0 Å². The number of halogens is 7. The molecule has 0 heterocycles. The second-order valence-electron chi connectivity index (χ2n) is 2.55. The summed E-state index contributed by atoms with van der Waals surface area (Å²) in [6.07, 6.45) is -11.7. The van der Waals surface area contributed by atoms with Crippen LogP contribution in [0.3, 0.4) is 0 Å². The summed E-state index contributed by atoms with van der Waals surface area (Å²) in [5.74, 6) is -4.99. The Hall–Kier alpha value is -0.610. The van der Waals surface area contributed by atoms with Gasteiger partial charge in [0.15, 0.2) is 0 Å². The molecule has 1 atom stereocenters. The Balaban J connectivity index is 4.63. The van der Waals surface area contributed by atoms with Gasteiger partial charge in [0.2, 0.25) is 0 Å². The number of hydrogen-bond donors (Lipinski definition) is 1. The van der Waals surface area contributed by atoms with Gasteiger partial charge < -0.3 is 9.84 Å². The molecule has 0 aromatic rings. The van der Waals surface area contributed by atoms with E-state index in [1.165, 1.54) is 0 Å². The van der Waals surface area contributed by atoms with E-state index in [2.05, 4.69) is 9.47 Å². The van der Waals surface area contributed by atoms with Crippen molar-refractivity contribution in [2.45, 2.75) is 18.4 Å². The number of aliphatic hydroxyl groups excluding tert-OH is 1. The Labute approximate surface area is 84.7 Å². The third kappa shape index (κ3) is 4.94. The monoisotopic (exact) mass is 260 g/mol. The highest BCUT2D eigenvalue weighted by Gasteiger charge is 2.62. The number of ether oxygens (including phenoxy) is 2. The first kappa shape index (κ1) is 15.4. The zero-order chi connectivity index (χ0) is 13.0. The summed E-state index contributed by atoms with van der Waals surface area (Å²) in [7, 11) is 0. The van der Waals surface area contributed by atoms with E-state index in [1.807, 2.05) is 0 Å². The third-order valence-electron chi connectivity index (χ3n) is 1.22. The van der Waals surface area contributed by atoms with Gasteiger partial charge in [0.25, 0.3) is 0 Å². The molecule has 0 aromatic heterocycles. The zero-order valence-corrected chi connectivity index (χ0v) is 7.53. The number of rotatable bonds is 5. The van der Waals surface area contributed by atoms with Gasteiger partial charge >= 0.3 is 18.4 Å². The molecular weight excluding hydrogens is 253 g/mol. The van der Waals surface area contributed by atoms with E-state index in [1.54, 1.807) is 0 Å². The maximum atomic E-state index is 12.8. The van der Waals surface area contributed by atoms with Gasteiger partial charge in [-0.05, 0) is 0 Å². The summed E-state index contributed by atoms with van der Waals surface area (Å²) < 4.78 is 89.4. The predicted octanol–water partition coefficient (Wildman–Crippen LogP) is 1.76. The molecule has 0 radical (unpaired) electrons. The fourth-order valence-electron chi connectivity index (χ4n) is 0.621. The Kier molecular flexibility index (Phi) is 4.95. The maximum Gasteiger partial charge on any atom is 0.525 e. The van der Waals surface area contributed by atoms with Gasteiger partial charge in [-0.25, -0.2) is 4.74 Å². The van der Waals surface area contributed by atoms with Crippen molar-refractivity contribution in [3.8, 4) is 0 Å². The van der Waals surface area contributed by atoms with E-state index in [-0.39, 0.29) is 0 Å². The molecule has 0 aliphatic rings. The minimum absolute atomic E-state index is 0.747. The smallest absolute Gasteiger partial charge is 0.394 e. The largest absolute Gasteiger partial charge is 0.525 e. The average molecular weight is 260 g/mol. The van der Waals surface area contributed by atoms with Crippen LogP contribution < -0.4 is 0 Å². The van der Waals surface area contributed by atoms with Crippen molar-refractivity contribution in [3.05, 3.63) is 0 Å². The van der Waals surface area contributed by atoms with Crippen molar-refractivity contribution in [1.82, 2.24) is 0 Å². The van der Waals surface area contributed by atoms with Crippen molar-refractivity contribution in [2.75, 3.05) is 19.8 Å². The minimum atomic E-state index is -5.90. The molecule has 3 nitrogen and oxygen atoms in total. The van der Waals surface area contributed by atoms with Crippen molar-refractivity contribution in [2.24, 2.45) is 0 Å². The van der Waals surface area contributed by atoms with E-state index in [0.29, 0.717) is 0 Å². The molecule has 16 heavy (non-hydrogen) atoms. The van der Waals surface area contributed by atoms with Crippen LogP contribution in [0, 0.1) is 0 Å². The molecule has 1 unspecified atom stereocenters. The van der Waals surface area contributed by atoms with Crippen LogP contribution in [0.1, 0.15) is 0 Å². The van der Waals surface area contributed by atoms with Gasteiger partial charge in [-0.1, -0.05) is 0 Å². The molecule has 10 heteroatoms. The number of hydrogen-bond acceptors (Lipinski definition) is 3. The van der Waals surface area contributed by atoms with Crippen LogP contribution in [0.25, 0.3) is 0 Å². The fourth-order valence-corrected chi connectivity index (χ4v) is 0.621. The Bertz CT molecular complexity index is 213. The molecular formula is C6H7F7O3. The van der Waals surface area contributed by atoms with Gasteiger partial charge in [-0.15, -0.1) is 13.2 Å². The first-order chi connectivity index (χ1) is 7.02. The average Bonchev–Trinajstić information content (AvgIpc) is 1.99. The van der Waals surface area contributed by atoms with Crippen molar-refractivity contribution >= 4 is 0 Å². The summed E-state index contributed by atoms with van der Waals surface area (Å²) >= 11 is 0. The van der Waals surface area contributed by atoms with Gasteiger partial charge in [0.05, 0.1) is 13.2 Å². The van der Waals surface area contributed by atoms with Crippen molar-refractivity contribution < 1.29 is 45.3 Å². The van der Waals surface area contributed by atoms with Gasteiger partial charge in [-0.2, -0.15) is 17.6 Å². The molecule has 0 fully saturated rings.